The largest absolute Gasteiger partial charge is 0.497 e. The van der Waals surface area contributed by atoms with Crippen molar-refractivity contribution in [3.63, 3.8) is 0 Å². The topological polar surface area (TPSA) is 32.7 Å². The zero-order valence-electron chi connectivity index (χ0n) is 13.6. The van der Waals surface area contributed by atoms with Crippen molar-refractivity contribution >= 4 is 0 Å². The molecule has 0 atom stereocenters. The third-order valence-electron chi connectivity index (χ3n) is 4.45. The maximum Gasteiger partial charge on any atom is 0.118 e. The quantitative estimate of drug-likeness (QED) is 0.874. The Bertz CT molecular complexity index is 419. The van der Waals surface area contributed by atoms with Gasteiger partial charge in [0.15, 0.2) is 0 Å². The van der Waals surface area contributed by atoms with Crippen LogP contribution in [-0.4, -0.2) is 42.4 Å². The maximum absolute atomic E-state index is 10.7. The van der Waals surface area contributed by atoms with Crippen molar-refractivity contribution in [2.45, 2.75) is 45.1 Å². The number of piperidine rings is 1. The number of aliphatic hydroxyl groups is 1. The van der Waals surface area contributed by atoms with Crippen LogP contribution in [0, 0.1) is 5.92 Å². The fourth-order valence-electron chi connectivity index (χ4n) is 3.09. The molecule has 1 saturated heterocycles. The van der Waals surface area contributed by atoms with Crippen LogP contribution in [0.4, 0.5) is 0 Å². The number of aryl methyl sites for hydroxylation is 1. The van der Waals surface area contributed by atoms with Crippen molar-refractivity contribution < 1.29 is 9.84 Å². The van der Waals surface area contributed by atoms with Gasteiger partial charge in [-0.1, -0.05) is 26.0 Å². The number of methoxy groups -OCH3 is 1. The monoisotopic (exact) mass is 291 g/mol. The Kier molecular flexibility index (Phi) is 5.65. The zero-order chi connectivity index (χ0) is 15.3. The molecule has 118 valence electrons. The van der Waals surface area contributed by atoms with Crippen LogP contribution in [0.25, 0.3) is 0 Å². The molecule has 1 aromatic carbocycles. The van der Waals surface area contributed by atoms with Crippen LogP contribution in [0.5, 0.6) is 5.75 Å². The van der Waals surface area contributed by atoms with E-state index in [9.17, 15) is 5.11 Å². The van der Waals surface area contributed by atoms with Crippen LogP contribution in [0.2, 0.25) is 0 Å². The van der Waals surface area contributed by atoms with E-state index in [1.807, 2.05) is 12.1 Å². The van der Waals surface area contributed by atoms with E-state index in [2.05, 4.69) is 30.9 Å². The molecule has 1 aliphatic rings. The fraction of sp³-hybridized carbons (Fsp3) is 0.667. The van der Waals surface area contributed by atoms with Crippen LogP contribution in [-0.2, 0) is 6.42 Å². The number of ether oxygens (including phenoxy) is 1. The molecule has 0 bridgehead atoms. The van der Waals surface area contributed by atoms with Crippen LogP contribution in [0.15, 0.2) is 24.3 Å². The molecular formula is C18H29NO2. The Morgan fingerprint density at radius 1 is 1.19 bits per heavy atom. The van der Waals surface area contributed by atoms with Gasteiger partial charge in [-0.2, -0.15) is 0 Å². The zero-order valence-corrected chi connectivity index (χ0v) is 13.6. The van der Waals surface area contributed by atoms with E-state index in [-0.39, 0.29) is 0 Å². The van der Waals surface area contributed by atoms with Gasteiger partial charge in [0.25, 0.3) is 0 Å². The third-order valence-corrected chi connectivity index (χ3v) is 4.45. The predicted molar refractivity (Wildman–Crippen MR) is 86.8 cm³/mol. The molecule has 1 heterocycles. The smallest absolute Gasteiger partial charge is 0.118 e. The second-order valence-electron chi connectivity index (χ2n) is 6.77. The van der Waals surface area contributed by atoms with Gasteiger partial charge in [-0.3, -0.25) is 0 Å². The van der Waals surface area contributed by atoms with Crippen molar-refractivity contribution in [1.29, 1.82) is 0 Å². The second kappa shape index (κ2) is 7.28. The lowest BCUT2D eigenvalue weighted by Gasteiger charge is -2.39. The summed E-state index contributed by atoms with van der Waals surface area (Å²) in [5.74, 6) is 1.59. The standard InChI is InChI=1S/C18H29NO2/c1-15(2)14-19-12-10-18(20,11-13-19)9-8-16-4-6-17(21-3)7-5-16/h4-7,15,20H,8-14H2,1-3H3. The summed E-state index contributed by atoms with van der Waals surface area (Å²) < 4.78 is 5.17. The summed E-state index contributed by atoms with van der Waals surface area (Å²) in [6, 6.07) is 8.17. The summed E-state index contributed by atoms with van der Waals surface area (Å²) in [6.45, 7) is 7.71. The summed E-state index contributed by atoms with van der Waals surface area (Å²) in [6.07, 6.45) is 3.59. The Hall–Kier alpha value is -1.06. The Labute approximate surface area is 128 Å². The molecule has 0 aromatic heterocycles. The molecule has 0 spiro atoms. The van der Waals surface area contributed by atoms with E-state index < -0.39 is 5.60 Å². The first-order valence-corrected chi connectivity index (χ1v) is 8.08. The predicted octanol–water partition coefficient (Wildman–Crippen LogP) is 3.11. The average molecular weight is 291 g/mol. The highest BCUT2D eigenvalue weighted by Crippen LogP contribution is 2.28. The highest BCUT2D eigenvalue weighted by molar-refractivity contribution is 5.27. The van der Waals surface area contributed by atoms with Gasteiger partial charge in [-0.15, -0.1) is 0 Å². The van der Waals surface area contributed by atoms with Gasteiger partial charge in [0.05, 0.1) is 12.7 Å². The van der Waals surface area contributed by atoms with E-state index in [1.165, 1.54) is 5.56 Å². The number of rotatable bonds is 6. The van der Waals surface area contributed by atoms with Gasteiger partial charge < -0.3 is 14.7 Å². The molecule has 2 rings (SSSR count). The van der Waals surface area contributed by atoms with E-state index >= 15 is 0 Å². The number of benzene rings is 1. The molecule has 21 heavy (non-hydrogen) atoms. The number of hydrogen-bond donors (Lipinski definition) is 1. The molecule has 0 amide bonds. The lowest BCUT2D eigenvalue weighted by atomic mass is 9.85. The van der Waals surface area contributed by atoms with Gasteiger partial charge in [0, 0.05) is 19.6 Å². The molecule has 1 fully saturated rings. The van der Waals surface area contributed by atoms with Crippen LogP contribution in [0.1, 0.15) is 38.7 Å². The lowest BCUT2D eigenvalue weighted by molar-refractivity contribution is -0.0292. The van der Waals surface area contributed by atoms with E-state index in [4.69, 9.17) is 4.74 Å². The van der Waals surface area contributed by atoms with Gasteiger partial charge in [-0.25, -0.2) is 0 Å². The number of likely N-dealkylation sites (tertiary alicyclic amines) is 1. The first-order chi connectivity index (χ1) is 10.0. The summed E-state index contributed by atoms with van der Waals surface area (Å²) in [5.41, 5.74) is 0.793. The van der Waals surface area contributed by atoms with Crippen molar-refractivity contribution in [2.24, 2.45) is 5.92 Å². The molecular weight excluding hydrogens is 262 g/mol. The molecule has 1 aliphatic heterocycles. The lowest BCUT2D eigenvalue weighted by Crippen LogP contribution is -2.45. The van der Waals surface area contributed by atoms with Crippen molar-refractivity contribution in [2.75, 3.05) is 26.7 Å². The van der Waals surface area contributed by atoms with E-state index in [1.54, 1.807) is 7.11 Å². The molecule has 0 aliphatic carbocycles. The van der Waals surface area contributed by atoms with Crippen molar-refractivity contribution in [3.8, 4) is 5.75 Å². The molecule has 0 unspecified atom stereocenters. The van der Waals surface area contributed by atoms with Crippen LogP contribution < -0.4 is 4.74 Å². The fourth-order valence-corrected chi connectivity index (χ4v) is 3.09. The minimum absolute atomic E-state index is 0.479. The molecule has 0 radical (unpaired) electrons. The van der Waals surface area contributed by atoms with Gasteiger partial charge in [0.2, 0.25) is 0 Å². The number of hydrogen-bond acceptors (Lipinski definition) is 3. The molecule has 1 aromatic rings. The molecule has 1 N–H and O–H groups in total. The van der Waals surface area contributed by atoms with Gasteiger partial charge >= 0.3 is 0 Å². The highest BCUT2D eigenvalue weighted by Gasteiger charge is 2.31. The average Bonchev–Trinajstić information content (AvgIpc) is 2.48. The molecule has 3 heteroatoms. The normalized spacial score (nSPS) is 18.9. The van der Waals surface area contributed by atoms with Crippen LogP contribution in [0.3, 0.4) is 0 Å². The first-order valence-electron chi connectivity index (χ1n) is 8.08. The van der Waals surface area contributed by atoms with Crippen molar-refractivity contribution in [3.05, 3.63) is 29.8 Å². The summed E-state index contributed by atoms with van der Waals surface area (Å²) in [5, 5.41) is 10.7. The van der Waals surface area contributed by atoms with Gasteiger partial charge in [0.1, 0.15) is 5.75 Å². The second-order valence-corrected chi connectivity index (χ2v) is 6.77. The summed E-state index contributed by atoms with van der Waals surface area (Å²) in [7, 11) is 1.68. The Balaban J connectivity index is 1.80. The summed E-state index contributed by atoms with van der Waals surface area (Å²) >= 11 is 0. The SMILES string of the molecule is COc1ccc(CCC2(O)CCN(CC(C)C)CC2)cc1. The van der Waals surface area contributed by atoms with Gasteiger partial charge in [-0.05, 0) is 49.3 Å². The van der Waals surface area contributed by atoms with Crippen molar-refractivity contribution in [1.82, 2.24) is 4.90 Å². The molecule has 3 nitrogen and oxygen atoms in total. The minimum Gasteiger partial charge on any atom is -0.497 e. The van der Waals surface area contributed by atoms with E-state index in [0.29, 0.717) is 5.92 Å². The maximum atomic E-state index is 10.7. The number of nitrogens with zero attached hydrogens (tertiary/aromatic N) is 1. The first kappa shape index (κ1) is 16.3. The minimum atomic E-state index is -0.479. The Morgan fingerprint density at radius 3 is 2.33 bits per heavy atom. The van der Waals surface area contributed by atoms with E-state index in [0.717, 1.165) is 51.1 Å². The summed E-state index contributed by atoms with van der Waals surface area (Å²) in [4.78, 5) is 2.48. The molecule has 0 saturated carbocycles. The van der Waals surface area contributed by atoms with Crippen LogP contribution >= 0.6 is 0 Å². The Morgan fingerprint density at radius 2 is 1.81 bits per heavy atom. The third kappa shape index (κ3) is 5.01. The highest BCUT2D eigenvalue weighted by atomic mass is 16.5.